The Hall–Kier alpha value is -1.82. The molecule has 0 aliphatic rings. The largest absolute Gasteiger partial charge is 0.507 e. The molecule has 0 aliphatic heterocycles. The lowest BCUT2D eigenvalue weighted by atomic mass is 10.2. The van der Waals surface area contributed by atoms with E-state index in [-0.39, 0.29) is 23.8 Å². The van der Waals surface area contributed by atoms with Crippen molar-refractivity contribution in [2.24, 2.45) is 0 Å². The van der Waals surface area contributed by atoms with Gasteiger partial charge in [0.25, 0.3) is 5.91 Å². The Balaban J connectivity index is 2.03. The lowest BCUT2D eigenvalue weighted by Crippen LogP contribution is -2.23. The van der Waals surface area contributed by atoms with Crippen LogP contribution < -0.4 is 5.32 Å². The van der Waals surface area contributed by atoms with Gasteiger partial charge < -0.3 is 14.8 Å². The fourth-order valence-electron chi connectivity index (χ4n) is 1.43. The zero-order valence-corrected chi connectivity index (χ0v) is 11.2. The molecule has 0 saturated heterocycles. The molecule has 0 spiro atoms. The number of carbonyl (C=O) groups is 1. The first-order valence-electron chi connectivity index (χ1n) is 5.24. The number of hydrogen-bond acceptors (Lipinski definition) is 4. The number of oxazole rings is 1. The number of nitrogens with one attached hydrogen (secondary N) is 1. The molecule has 0 fully saturated rings. The molecule has 6 heteroatoms. The maximum Gasteiger partial charge on any atom is 0.255 e. The van der Waals surface area contributed by atoms with E-state index in [1.165, 1.54) is 12.1 Å². The van der Waals surface area contributed by atoms with Crippen LogP contribution in [0.3, 0.4) is 0 Å². The number of aryl methyl sites for hydroxylation is 1. The number of aromatic hydroxyl groups is 1. The van der Waals surface area contributed by atoms with Crippen LogP contribution in [-0.4, -0.2) is 16.0 Å². The van der Waals surface area contributed by atoms with Gasteiger partial charge in [0, 0.05) is 4.47 Å². The minimum absolute atomic E-state index is 0.0783. The van der Waals surface area contributed by atoms with Crippen LogP contribution in [0.25, 0.3) is 0 Å². The van der Waals surface area contributed by atoms with Crippen molar-refractivity contribution in [3.05, 3.63) is 46.1 Å². The monoisotopic (exact) mass is 310 g/mol. The molecule has 18 heavy (non-hydrogen) atoms. The second-order valence-electron chi connectivity index (χ2n) is 3.71. The third-order valence-electron chi connectivity index (χ3n) is 2.27. The first kappa shape index (κ1) is 12.6. The predicted molar refractivity (Wildman–Crippen MR) is 68.2 cm³/mol. The van der Waals surface area contributed by atoms with Crippen molar-refractivity contribution in [1.29, 1.82) is 0 Å². The van der Waals surface area contributed by atoms with Gasteiger partial charge in [-0.25, -0.2) is 4.98 Å². The van der Waals surface area contributed by atoms with Gasteiger partial charge in [0.2, 0.25) is 5.89 Å². The maximum absolute atomic E-state index is 11.8. The number of amides is 1. The fourth-order valence-corrected chi connectivity index (χ4v) is 1.78. The van der Waals surface area contributed by atoms with Crippen LogP contribution in [0.2, 0.25) is 0 Å². The van der Waals surface area contributed by atoms with Gasteiger partial charge in [0.15, 0.2) is 0 Å². The molecule has 0 bridgehead atoms. The van der Waals surface area contributed by atoms with E-state index in [1.54, 1.807) is 19.2 Å². The van der Waals surface area contributed by atoms with Crippen LogP contribution in [-0.2, 0) is 6.54 Å². The third kappa shape index (κ3) is 2.89. The van der Waals surface area contributed by atoms with Crippen LogP contribution in [0.5, 0.6) is 5.75 Å². The quantitative estimate of drug-likeness (QED) is 0.912. The summed E-state index contributed by atoms with van der Waals surface area (Å²) in [6, 6.07) is 4.68. The third-order valence-corrected chi connectivity index (χ3v) is 2.77. The summed E-state index contributed by atoms with van der Waals surface area (Å²) in [5, 5.41) is 12.3. The summed E-state index contributed by atoms with van der Waals surface area (Å²) in [4.78, 5) is 15.8. The fraction of sp³-hybridized carbons (Fsp3) is 0.167. The maximum atomic E-state index is 11.8. The number of phenolic OH excluding ortho intramolecular Hbond substituents is 1. The van der Waals surface area contributed by atoms with Crippen molar-refractivity contribution < 1.29 is 14.3 Å². The van der Waals surface area contributed by atoms with Gasteiger partial charge in [-0.1, -0.05) is 15.9 Å². The SMILES string of the molecule is Cc1cnc(CNC(=O)c2ccc(Br)cc2O)o1. The lowest BCUT2D eigenvalue weighted by molar-refractivity contribution is 0.0944. The number of carbonyl (C=O) groups excluding carboxylic acids is 1. The molecule has 1 aromatic carbocycles. The van der Waals surface area contributed by atoms with Gasteiger partial charge in [-0.2, -0.15) is 0 Å². The summed E-state index contributed by atoms with van der Waals surface area (Å²) >= 11 is 3.21. The molecule has 5 nitrogen and oxygen atoms in total. The van der Waals surface area contributed by atoms with Crippen molar-refractivity contribution in [2.75, 3.05) is 0 Å². The van der Waals surface area contributed by atoms with Gasteiger partial charge in [-0.15, -0.1) is 0 Å². The highest BCUT2D eigenvalue weighted by atomic mass is 79.9. The van der Waals surface area contributed by atoms with E-state index >= 15 is 0 Å². The van der Waals surface area contributed by atoms with Crippen LogP contribution in [0.1, 0.15) is 22.0 Å². The average molecular weight is 311 g/mol. The van der Waals surface area contributed by atoms with Crippen molar-refractivity contribution in [1.82, 2.24) is 10.3 Å². The number of nitrogens with zero attached hydrogens (tertiary/aromatic N) is 1. The van der Waals surface area contributed by atoms with Crippen molar-refractivity contribution in [3.63, 3.8) is 0 Å². The molecule has 0 atom stereocenters. The van der Waals surface area contributed by atoms with Crippen LogP contribution in [0, 0.1) is 6.92 Å². The predicted octanol–water partition coefficient (Wildman–Crippen LogP) is 2.38. The highest BCUT2D eigenvalue weighted by molar-refractivity contribution is 9.10. The Morgan fingerprint density at radius 2 is 2.33 bits per heavy atom. The molecule has 1 amide bonds. The highest BCUT2D eigenvalue weighted by Crippen LogP contribution is 2.22. The summed E-state index contributed by atoms with van der Waals surface area (Å²) < 4.78 is 5.93. The first-order valence-corrected chi connectivity index (χ1v) is 6.03. The van der Waals surface area contributed by atoms with E-state index in [0.717, 1.165) is 0 Å². The van der Waals surface area contributed by atoms with E-state index < -0.39 is 0 Å². The molecule has 0 saturated carbocycles. The molecule has 1 aromatic heterocycles. The van der Waals surface area contributed by atoms with Crippen molar-refractivity contribution in [3.8, 4) is 5.75 Å². The molecule has 2 aromatic rings. The highest BCUT2D eigenvalue weighted by Gasteiger charge is 2.12. The van der Waals surface area contributed by atoms with Gasteiger partial charge in [-0.05, 0) is 25.1 Å². The summed E-state index contributed by atoms with van der Waals surface area (Å²) in [6.07, 6.45) is 1.58. The Morgan fingerprint density at radius 3 is 2.94 bits per heavy atom. The number of halogens is 1. The minimum Gasteiger partial charge on any atom is -0.507 e. The topological polar surface area (TPSA) is 75.4 Å². The molecule has 0 unspecified atom stereocenters. The van der Waals surface area contributed by atoms with Crippen LogP contribution in [0.4, 0.5) is 0 Å². The molecule has 1 heterocycles. The normalized spacial score (nSPS) is 10.3. The summed E-state index contributed by atoms with van der Waals surface area (Å²) in [5.41, 5.74) is 0.210. The van der Waals surface area contributed by atoms with Gasteiger partial charge in [0.1, 0.15) is 11.5 Å². The van der Waals surface area contributed by atoms with Crippen LogP contribution >= 0.6 is 15.9 Å². The van der Waals surface area contributed by atoms with E-state index in [4.69, 9.17) is 4.42 Å². The zero-order valence-electron chi connectivity index (χ0n) is 9.61. The Bertz CT molecular complexity index is 580. The van der Waals surface area contributed by atoms with Gasteiger partial charge in [-0.3, -0.25) is 4.79 Å². The van der Waals surface area contributed by atoms with Crippen LogP contribution in [0.15, 0.2) is 33.3 Å². The molecule has 0 aliphatic carbocycles. The molecule has 2 N–H and O–H groups in total. The van der Waals surface area contributed by atoms with E-state index in [1.807, 2.05) is 0 Å². The zero-order chi connectivity index (χ0) is 13.1. The Morgan fingerprint density at radius 1 is 1.56 bits per heavy atom. The Labute approximate surface area is 112 Å². The summed E-state index contributed by atoms with van der Waals surface area (Å²) in [6.45, 7) is 1.96. The van der Waals surface area contributed by atoms with E-state index in [9.17, 15) is 9.90 Å². The number of phenols is 1. The average Bonchev–Trinajstić information content (AvgIpc) is 2.72. The second kappa shape index (κ2) is 5.22. The number of hydrogen-bond donors (Lipinski definition) is 2. The summed E-state index contributed by atoms with van der Waals surface area (Å²) in [5.74, 6) is 0.657. The smallest absolute Gasteiger partial charge is 0.255 e. The molecule has 94 valence electrons. The second-order valence-corrected chi connectivity index (χ2v) is 4.62. The number of aromatic nitrogens is 1. The molecular formula is C12H11BrN2O3. The number of benzene rings is 1. The standard InChI is InChI=1S/C12H11BrN2O3/c1-7-5-14-11(18-7)6-15-12(17)9-3-2-8(13)4-10(9)16/h2-5,16H,6H2,1H3,(H,15,17). The number of rotatable bonds is 3. The lowest BCUT2D eigenvalue weighted by Gasteiger charge is -2.05. The van der Waals surface area contributed by atoms with E-state index in [0.29, 0.717) is 16.1 Å². The Kier molecular flexibility index (Phi) is 3.66. The van der Waals surface area contributed by atoms with Gasteiger partial charge in [0.05, 0.1) is 18.3 Å². The summed E-state index contributed by atoms with van der Waals surface area (Å²) in [7, 11) is 0. The minimum atomic E-state index is -0.379. The van der Waals surface area contributed by atoms with Gasteiger partial charge >= 0.3 is 0 Å². The molecule has 0 radical (unpaired) electrons. The molecule has 2 rings (SSSR count). The first-order chi connectivity index (χ1) is 8.56. The van der Waals surface area contributed by atoms with Crippen molar-refractivity contribution >= 4 is 21.8 Å². The molecular weight excluding hydrogens is 300 g/mol. The van der Waals surface area contributed by atoms with E-state index in [2.05, 4.69) is 26.2 Å². The van der Waals surface area contributed by atoms with Crippen molar-refractivity contribution in [2.45, 2.75) is 13.5 Å².